The molecule has 0 aliphatic rings. The second kappa shape index (κ2) is 5.58. The standard InChI is InChI=1S/C14H17N3O/c1-11(2)9-17-14(15-10-16-17)8-13(18)12-6-4-3-5-7-12/h3-7,10-11H,8-9H2,1-2H3. The quantitative estimate of drug-likeness (QED) is 0.757. The number of benzene rings is 1. The van der Waals surface area contributed by atoms with E-state index < -0.39 is 0 Å². The highest BCUT2D eigenvalue weighted by atomic mass is 16.1. The number of rotatable bonds is 5. The minimum absolute atomic E-state index is 0.0774. The molecule has 4 nitrogen and oxygen atoms in total. The molecule has 0 radical (unpaired) electrons. The van der Waals surface area contributed by atoms with Gasteiger partial charge in [-0.3, -0.25) is 4.79 Å². The van der Waals surface area contributed by atoms with E-state index in [1.54, 1.807) is 0 Å². The Hall–Kier alpha value is -1.97. The zero-order valence-electron chi connectivity index (χ0n) is 10.7. The Labute approximate surface area is 107 Å². The van der Waals surface area contributed by atoms with Crippen LogP contribution >= 0.6 is 0 Å². The molecule has 2 aromatic rings. The molecule has 0 spiro atoms. The SMILES string of the molecule is CC(C)Cn1ncnc1CC(=O)c1ccccc1. The summed E-state index contributed by atoms with van der Waals surface area (Å²) in [5.41, 5.74) is 0.719. The van der Waals surface area contributed by atoms with Crippen molar-refractivity contribution in [2.75, 3.05) is 0 Å². The van der Waals surface area contributed by atoms with Gasteiger partial charge in [0.25, 0.3) is 0 Å². The molecule has 0 amide bonds. The lowest BCUT2D eigenvalue weighted by molar-refractivity contribution is 0.0989. The summed E-state index contributed by atoms with van der Waals surface area (Å²) < 4.78 is 1.81. The van der Waals surface area contributed by atoms with Gasteiger partial charge in [0.15, 0.2) is 5.78 Å². The van der Waals surface area contributed by atoms with Crippen LogP contribution in [0.3, 0.4) is 0 Å². The van der Waals surface area contributed by atoms with Gasteiger partial charge in [-0.05, 0) is 5.92 Å². The van der Waals surface area contributed by atoms with E-state index in [0.717, 1.165) is 17.9 Å². The molecule has 1 aromatic heterocycles. The predicted octanol–water partition coefficient (Wildman–Crippen LogP) is 2.36. The largest absolute Gasteiger partial charge is 0.294 e. The number of Topliss-reactive ketones (excluding diaryl/α,β-unsaturated/α-hetero) is 1. The highest BCUT2D eigenvalue weighted by Crippen LogP contribution is 2.07. The third kappa shape index (κ3) is 3.03. The lowest BCUT2D eigenvalue weighted by Crippen LogP contribution is -2.14. The van der Waals surface area contributed by atoms with Crippen LogP contribution in [0.25, 0.3) is 0 Å². The molecule has 0 atom stereocenters. The van der Waals surface area contributed by atoms with E-state index in [4.69, 9.17) is 0 Å². The van der Waals surface area contributed by atoms with Gasteiger partial charge in [-0.2, -0.15) is 5.10 Å². The van der Waals surface area contributed by atoms with Gasteiger partial charge in [-0.15, -0.1) is 0 Å². The molecular formula is C14H17N3O. The Morgan fingerprint density at radius 3 is 2.67 bits per heavy atom. The summed E-state index contributed by atoms with van der Waals surface area (Å²) in [6.45, 7) is 5.02. The zero-order chi connectivity index (χ0) is 13.0. The van der Waals surface area contributed by atoms with Crippen LogP contribution in [-0.4, -0.2) is 20.5 Å². The molecule has 0 bridgehead atoms. The minimum atomic E-state index is 0.0774. The van der Waals surface area contributed by atoms with Crippen molar-refractivity contribution in [3.63, 3.8) is 0 Å². The van der Waals surface area contributed by atoms with Crippen LogP contribution in [0.4, 0.5) is 0 Å². The molecule has 1 aromatic carbocycles. The third-order valence-electron chi connectivity index (χ3n) is 2.65. The number of aromatic nitrogens is 3. The highest BCUT2D eigenvalue weighted by Gasteiger charge is 2.12. The van der Waals surface area contributed by atoms with Crippen LogP contribution in [0.1, 0.15) is 30.0 Å². The summed E-state index contributed by atoms with van der Waals surface area (Å²) in [6.07, 6.45) is 1.81. The van der Waals surface area contributed by atoms with E-state index in [1.807, 2.05) is 35.0 Å². The van der Waals surface area contributed by atoms with Crippen molar-refractivity contribution in [2.45, 2.75) is 26.8 Å². The van der Waals surface area contributed by atoms with Crippen LogP contribution < -0.4 is 0 Å². The van der Waals surface area contributed by atoms with E-state index >= 15 is 0 Å². The topological polar surface area (TPSA) is 47.8 Å². The lowest BCUT2D eigenvalue weighted by atomic mass is 10.1. The number of carbonyl (C=O) groups is 1. The second-order valence-corrected chi connectivity index (χ2v) is 4.72. The first-order valence-electron chi connectivity index (χ1n) is 6.11. The molecule has 18 heavy (non-hydrogen) atoms. The third-order valence-corrected chi connectivity index (χ3v) is 2.65. The Morgan fingerprint density at radius 2 is 2.00 bits per heavy atom. The van der Waals surface area contributed by atoms with Gasteiger partial charge in [0.05, 0.1) is 6.42 Å². The molecule has 1 heterocycles. The maximum Gasteiger partial charge on any atom is 0.170 e. The van der Waals surface area contributed by atoms with Gasteiger partial charge in [-0.1, -0.05) is 44.2 Å². The number of carbonyl (C=O) groups excluding carboxylic acids is 1. The van der Waals surface area contributed by atoms with Gasteiger partial charge in [0.2, 0.25) is 0 Å². The molecule has 4 heteroatoms. The van der Waals surface area contributed by atoms with Gasteiger partial charge in [-0.25, -0.2) is 9.67 Å². The molecule has 0 saturated heterocycles. The first-order valence-corrected chi connectivity index (χ1v) is 6.11. The number of hydrogen-bond donors (Lipinski definition) is 0. The van der Waals surface area contributed by atoms with Crippen molar-refractivity contribution in [2.24, 2.45) is 5.92 Å². The maximum absolute atomic E-state index is 12.1. The smallest absolute Gasteiger partial charge is 0.170 e. The molecule has 0 aliphatic heterocycles. The van der Waals surface area contributed by atoms with Crippen molar-refractivity contribution < 1.29 is 4.79 Å². The predicted molar refractivity (Wildman–Crippen MR) is 69.3 cm³/mol. The molecular weight excluding hydrogens is 226 g/mol. The molecule has 0 fully saturated rings. The molecule has 0 saturated carbocycles. The van der Waals surface area contributed by atoms with Gasteiger partial charge in [0, 0.05) is 12.1 Å². The average Bonchev–Trinajstić information content (AvgIpc) is 2.77. The Kier molecular flexibility index (Phi) is 3.87. The lowest BCUT2D eigenvalue weighted by Gasteiger charge is -2.08. The highest BCUT2D eigenvalue weighted by molar-refractivity contribution is 5.97. The number of ketones is 1. The normalized spacial score (nSPS) is 10.8. The molecule has 2 rings (SSSR count). The molecule has 0 N–H and O–H groups in total. The fourth-order valence-corrected chi connectivity index (χ4v) is 1.79. The van der Waals surface area contributed by atoms with Crippen molar-refractivity contribution >= 4 is 5.78 Å². The average molecular weight is 243 g/mol. The molecule has 94 valence electrons. The fraction of sp³-hybridized carbons (Fsp3) is 0.357. The van der Waals surface area contributed by atoms with E-state index in [9.17, 15) is 4.79 Å². The van der Waals surface area contributed by atoms with Crippen LogP contribution in [0.2, 0.25) is 0 Å². The molecule has 0 unspecified atom stereocenters. The first kappa shape index (κ1) is 12.5. The Morgan fingerprint density at radius 1 is 1.28 bits per heavy atom. The number of hydrogen-bond acceptors (Lipinski definition) is 3. The van der Waals surface area contributed by atoms with Crippen molar-refractivity contribution in [3.05, 3.63) is 48.0 Å². The fourth-order valence-electron chi connectivity index (χ4n) is 1.79. The van der Waals surface area contributed by atoms with Crippen molar-refractivity contribution in [1.82, 2.24) is 14.8 Å². The van der Waals surface area contributed by atoms with Crippen molar-refractivity contribution in [3.8, 4) is 0 Å². The van der Waals surface area contributed by atoms with Crippen molar-refractivity contribution in [1.29, 1.82) is 0 Å². The summed E-state index contributed by atoms with van der Waals surface area (Å²) in [4.78, 5) is 16.2. The van der Waals surface area contributed by atoms with E-state index in [1.165, 1.54) is 6.33 Å². The van der Waals surface area contributed by atoms with Crippen LogP contribution in [0.5, 0.6) is 0 Å². The summed E-state index contributed by atoms with van der Waals surface area (Å²) in [5, 5.41) is 4.16. The van der Waals surface area contributed by atoms with Gasteiger partial charge in [0.1, 0.15) is 12.2 Å². The van der Waals surface area contributed by atoms with Gasteiger partial charge < -0.3 is 0 Å². The zero-order valence-corrected chi connectivity index (χ0v) is 10.7. The maximum atomic E-state index is 12.1. The van der Waals surface area contributed by atoms with Crippen LogP contribution in [-0.2, 0) is 13.0 Å². The Bertz CT molecular complexity index is 517. The van der Waals surface area contributed by atoms with Crippen LogP contribution in [0.15, 0.2) is 36.7 Å². The summed E-state index contributed by atoms with van der Waals surface area (Å²) >= 11 is 0. The monoisotopic (exact) mass is 243 g/mol. The minimum Gasteiger partial charge on any atom is -0.294 e. The number of nitrogens with zero attached hydrogens (tertiary/aromatic N) is 3. The van der Waals surface area contributed by atoms with E-state index in [2.05, 4.69) is 23.9 Å². The van der Waals surface area contributed by atoms with Gasteiger partial charge >= 0.3 is 0 Å². The summed E-state index contributed by atoms with van der Waals surface area (Å²) in [7, 11) is 0. The Balaban J connectivity index is 2.10. The first-order chi connectivity index (χ1) is 8.66. The summed E-state index contributed by atoms with van der Waals surface area (Å²) in [6, 6.07) is 9.28. The second-order valence-electron chi connectivity index (χ2n) is 4.72. The summed E-state index contributed by atoms with van der Waals surface area (Å²) in [5.74, 6) is 1.29. The van der Waals surface area contributed by atoms with E-state index in [0.29, 0.717) is 12.3 Å². The van der Waals surface area contributed by atoms with E-state index in [-0.39, 0.29) is 5.78 Å². The van der Waals surface area contributed by atoms with Crippen LogP contribution in [0, 0.1) is 5.92 Å². The molecule has 0 aliphatic carbocycles.